The van der Waals surface area contributed by atoms with E-state index in [1.54, 1.807) is 0 Å². The second-order valence-electron chi connectivity index (χ2n) is 5.47. The van der Waals surface area contributed by atoms with Crippen molar-refractivity contribution < 1.29 is 9.21 Å². The van der Waals surface area contributed by atoms with Gasteiger partial charge in [-0.2, -0.15) is 4.98 Å². The monoisotopic (exact) mass is 333 g/mol. The third kappa shape index (κ3) is 3.59. The SMILES string of the molecule is Cc1ccc(N2CCN(S)CC2)cc1NC(=O)c1coc(N)n1. The predicted octanol–water partition coefficient (Wildman–Crippen LogP) is 1.78. The van der Waals surface area contributed by atoms with Gasteiger partial charge in [-0.25, -0.2) is 4.31 Å². The van der Waals surface area contributed by atoms with Crippen LogP contribution in [-0.4, -0.2) is 41.4 Å². The Morgan fingerprint density at radius 1 is 1.35 bits per heavy atom. The van der Waals surface area contributed by atoms with Crippen molar-refractivity contribution in [1.82, 2.24) is 9.29 Å². The zero-order chi connectivity index (χ0) is 16.4. The Morgan fingerprint density at radius 3 is 2.74 bits per heavy atom. The lowest BCUT2D eigenvalue weighted by atomic mass is 10.1. The van der Waals surface area contributed by atoms with Crippen LogP contribution in [0, 0.1) is 6.92 Å². The topological polar surface area (TPSA) is 87.6 Å². The summed E-state index contributed by atoms with van der Waals surface area (Å²) in [4.78, 5) is 18.3. The van der Waals surface area contributed by atoms with Gasteiger partial charge >= 0.3 is 0 Å². The fourth-order valence-electron chi connectivity index (χ4n) is 2.47. The molecule has 0 bridgehead atoms. The molecule has 0 aliphatic carbocycles. The number of benzene rings is 1. The minimum Gasteiger partial charge on any atom is -0.431 e. The van der Waals surface area contributed by atoms with Crippen LogP contribution in [-0.2, 0) is 0 Å². The number of aryl methyl sites for hydroxylation is 1. The summed E-state index contributed by atoms with van der Waals surface area (Å²) >= 11 is 4.36. The van der Waals surface area contributed by atoms with Crippen molar-refractivity contribution in [3.05, 3.63) is 35.7 Å². The fourth-order valence-corrected chi connectivity index (χ4v) is 2.65. The van der Waals surface area contributed by atoms with Crippen LogP contribution >= 0.6 is 12.8 Å². The Morgan fingerprint density at radius 2 is 2.09 bits per heavy atom. The number of amides is 1. The van der Waals surface area contributed by atoms with E-state index in [0.717, 1.165) is 43.1 Å². The highest BCUT2D eigenvalue weighted by Gasteiger charge is 2.17. The van der Waals surface area contributed by atoms with E-state index in [9.17, 15) is 4.79 Å². The van der Waals surface area contributed by atoms with E-state index >= 15 is 0 Å². The Kier molecular flexibility index (Phi) is 4.44. The van der Waals surface area contributed by atoms with Crippen LogP contribution in [0.1, 0.15) is 16.1 Å². The molecule has 1 aromatic heterocycles. The first-order valence-electron chi connectivity index (χ1n) is 7.35. The number of anilines is 3. The van der Waals surface area contributed by atoms with Crippen LogP contribution in [0.3, 0.4) is 0 Å². The first-order chi connectivity index (χ1) is 11.0. The van der Waals surface area contributed by atoms with Gasteiger partial charge in [0.1, 0.15) is 6.26 Å². The Hall–Kier alpha value is -2.19. The summed E-state index contributed by atoms with van der Waals surface area (Å²) in [6.45, 7) is 5.55. The highest BCUT2D eigenvalue weighted by molar-refractivity contribution is 7.77. The maximum absolute atomic E-state index is 12.2. The molecule has 1 aromatic carbocycles. The fraction of sp³-hybridized carbons (Fsp3) is 0.333. The maximum atomic E-state index is 12.2. The summed E-state index contributed by atoms with van der Waals surface area (Å²) in [6, 6.07) is 6.01. The van der Waals surface area contributed by atoms with Gasteiger partial charge in [-0.1, -0.05) is 18.9 Å². The summed E-state index contributed by atoms with van der Waals surface area (Å²) < 4.78 is 6.87. The molecule has 0 unspecified atom stereocenters. The van der Waals surface area contributed by atoms with Crippen LogP contribution in [0.15, 0.2) is 28.9 Å². The smallest absolute Gasteiger partial charge is 0.292 e. The summed E-state index contributed by atoms with van der Waals surface area (Å²) in [7, 11) is 0. The molecule has 0 spiro atoms. The molecule has 0 atom stereocenters. The van der Waals surface area contributed by atoms with Gasteiger partial charge in [0.05, 0.1) is 0 Å². The summed E-state index contributed by atoms with van der Waals surface area (Å²) in [5.41, 5.74) is 8.37. The standard InChI is InChI=1S/C15H19N5O2S/c1-10-2-3-11(19-4-6-20(23)7-5-19)8-12(10)17-14(21)13-9-22-15(16)18-13/h2-3,8-9,23H,4-7H2,1H3,(H2,16,18)(H,17,21). The number of hydrogen-bond donors (Lipinski definition) is 3. The minimum absolute atomic E-state index is 0.0229. The molecule has 7 nitrogen and oxygen atoms in total. The van der Waals surface area contributed by atoms with Gasteiger partial charge in [0.15, 0.2) is 5.69 Å². The van der Waals surface area contributed by atoms with Crippen molar-refractivity contribution >= 4 is 36.1 Å². The largest absolute Gasteiger partial charge is 0.431 e. The van der Waals surface area contributed by atoms with E-state index in [2.05, 4.69) is 34.1 Å². The molecule has 3 rings (SSSR count). The number of nitrogens with two attached hydrogens (primary N) is 1. The number of nitrogens with one attached hydrogen (secondary N) is 1. The first kappa shape index (κ1) is 15.7. The van der Waals surface area contributed by atoms with Gasteiger partial charge < -0.3 is 20.4 Å². The first-order valence-corrected chi connectivity index (χ1v) is 7.75. The van der Waals surface area contributed by atoms with Gasteiger partial charge in [0.2, 0.25) is 0 Å². The van der Waals surface area contributed by atoms with Gasteiger partial charge in [0.25, 0.3) is 11.9 Å². The zero-order valence-electron chi connectivity index (χ0n) is 12.8. The normalized spacial score (nSPS) is 15.7. The number of piperazine rings is 1. The Bertz CT molecular complexity index is 710. The van der Waals surface area contributed by atoms with E-state index in [4.69, 9.17) is 10.2 Å². The summed E-state index contributed by atoms with van der Waals surface area (Å²) in [6.07, 6.45) is 1.25. The number of rotatable bonds is 3. The molecule has 2 heterocycles. The molecule has 122 valence electrons. The maximum Gasteiger partial charge on any atom is 0.292 e. The van der Waals surface area contributed by atoms with E-state index in [-0.39, 0.29) is 17.6 Å². The van der Waals surface area contributed by atoms with E-state index in [0.29, 0.717) is 0 Å². The number of carbonyl (C=O) groups is 1. The Labute approximate surface area is 140 Å². The number of hydrogen-bond acceptors (Lipinski definition) is 7. The molecule has 1 aliphatic rings. The zero-order valence-corrected chi connectivity index (χ0v) is 13.7. The van der Waals surface area contributed by atoms with Crippen molar-refractivity contribution in [1.29, 1.82) is 0 Å². The second-order valence-corrected chi connectivity index (χ2v) is 6.03. The molecule has 1 aliphatic heterocycles. The molecule has 0 saturated carbocycles. The number of carbonyl (C=O) groups excluding carboxylic acids is 1. The lowest BCUT2D eigenvalue weighted by Crippen LogP contribution is -2.42. The van der Waals surface area contributed by atoms with Crippen molar-refractivity contribution in [2.45, 2.75) is 6.92 Å². The molecule has 2 aromatic rings. The number of thiol groups is 1. The van der Waals surface area contributed by atoms with Crippen LogP contribution in [0.2, 0.25) is 0 Å². The predicted molar refractivity (Wildman–Crippen MR) is 92.8 cm³/mol. The van der Waals surface area contributed by atoms with Gasteiger partial charge in [-0.15, -0.1) is 0 Å². The highest BCUT2D eigenvalue weighted by atomic mass is 32.1. The number of nitrogen functional groups attached to an aromatic ring is 1. The molecule has 3 N–H and O–H groups in total. The van der Waals surface area contributed by atoms with Crippen LogP contribution in [0.5, 0.6) is 0 Å². The van der Waals surface area contributed by atoms with Gasteiger partial charge in [-0.3, -0.25) is 4.79 Å². The van der Waals surface area contributed by atoms with Crippen LogP contribution in [0.4, 0.5) is 17.4 Å². The average Bonchev–Trinajstić information content (AvgIpc) is 2.97. The lowest BCUT2D eigenvalue weighted by Gasteiger charge is -2.33. The molecule has 23 heavy (non-hydrogen) atoms. The molecular weight excluding hydrogens is 314 g/mol. The number of nitrogens with zero attached hydrogens (tertiary/aromatic N) is 3. The third-order valence-corrected chi connectivity index (χ3v) is 4.25. The van der Waals surface area contributed by atoms with E-state index in [1.807, 2.05) is 23.4 Å². The number of aromatic nitrogens is 1. The van der Waals surface area contributed by atoms with Crippen LogP contribution < -0.4 is 16.0 Å². The Balaban J connectivity index is 1.76. The molecule has 1 saturated heterocycles. The van der Waals surface area contributed by atoms with E-state index in [1.165, 1.54) is 6.26 Å². The van der Waals surface area contributed by atoms with Crippen molar-refractivity contribution in [3.63, 3.8) is 0 Å². The third-order valence-electron chi connectivity index (χ3n) is 3.85. The van der Waals surface area contributed by atoms with Gasteiger partial charge in [0, 0.05) is 37.6 Å². The average molecular weight is 333 g/mol. The van der Waals surface area contributed by atoms with Crippen molar-refractivity contribution in [2.75, 3.05) is 42.1 Å². The minimum atomic E-state index is -0.342. The highest BCUT2D eigenvalue weighted by Crippen LogP contribution is 2.25. The van der Waals surface area contributed by atoms with Gasteiger partial charge in [-0.05, 0) is 24.6 Å². The van der Waals surface area contributed by atoms with Crippen molar-refractivity contribution in [3.8, 4) is 0 Å². The molecule has 1 fully saturated rings. The van der Waals surface area contributed by atoms with Crippen molar-refractivity contribution in [2.24, 2.45) is 0 Å². The summed E-state index contributed by atoms with van der Waals surface area (Å²) in [5, 5.41) is 2.86. The molecular formula is C15H19N5O2S. The molecule has 1 amide bonds. The number of oxazole rings is 1. The molecule has 0 radical (unpaired) electrons. The second kappa shape index (κ2) is 6.51. The van der Waals surface area contributed by atoms with Crippen LogP contribution in [0.25, 0.3) is 0 Å². The summed E-state index contributed by atoms with van der Waals surface area (Å²) in [5.74, 6) is -0.342. The lowest BCUT2D eigenvalue weighted by molar-refractivity contribution is 0.102. The molecule has 8 heteroatoms. The quantitative estimate of drug-likeness (QED) is 0.742. The van der Waals surface area contributed by atoms with E-state index < -0.39 is 0 Å².